The summed E-state index contributed by atoms with van der Waals surface area (Å²) in [5.74, 6) is 0.290. The molecule has 0 saturated heterocycles. The van der Waals surface area contributed by atoms with Crippen molar-refractivity contribution in [3.63, 3.8) is 0 Å². The van der Waals surface area contributed by atoms with Crippen molar-refractivity contribution in [1.29, 1.82) is 0 Å². The van der Waals surface area contributed by atoms with Gasteiger partial charge in [-0.05, 0) is 18.0 Å². The van der Waals surface area contributed by atoms with E-state index in [4.69, 9.17) is 11.6 Å². The molecule has 5 nitrogen and oxygen atoms in total. The summed E-state index contributed by atoms with van der Waals surface area (Å²) in [6.07, 6.45) is 3.36. The van der Waals surface area contributed by atoms with E-state index in [1.165, 1.54) is 0 Å². The number of hydrogen-bond donors (Lipinski definition) is 3. The van der Waals surface area contributed by atoms with Crippen LogP contribution >= 0.6 is 11.6 Å². The van der Waals surface area contributed by atoms with Crippen molar-refractivity contribution < 1.29 is 4.79 Å². The molecule has 0 aliphatic heterocycles. The molecule has 0 spiro atoms. The number of rotatable bonds is 6. The minimum atomic E-state index is -0.225. The number of H-pyrrole nitrogens is 1. The van der Waals surface area contributed by atoms with Crippen LogP contribution in [-0.4, -0.2) is 29.5 Å². The first-order chi connectivity index (χ1) is 7.69. The first kappa shape index (κ1) is 12.8. The first-order valence-corrected chi connectivity index (χ1v) is 5.78. The molecular formula is C10H17ClN4O. The summed E-state index contributed by atoms with van der Waals surface area (Å²) in [7, 11) is 1.57. The highest BCUT2D eigenvalue weighted by Gasteiger charge is 2.14. The summed E-state index contributed by atoms with van der Waals surface area (Å²) in [4.78, 5) is 18.2. The molecule has 90 valence electrons. The number of carbonyl (C=O) groups is 1. The van der Waals surface area contributed by atoms with Crippen molar-refractivity contribution >= 4 is 23.3 Å². The third kappa shape index (κ3) is 3.41. The largest absolute Gasteiger partial charge is 0.368 e. The smallest absolute Gasteiger partial charge is 0.271 e. The molecule has 0 atom stereocenters. The Morgan fingerprint density at radius 3 is 2.88 bits per heavy atom. The van der Waals surface area contributed by atoms with Gasteiger partial charge in [-0.15, -0.1) is 0 Å². The Kier molecular flexibility index (Phi) is 5.11. The van der Waals surface area contributed by atoms with E-state index in [9.17, 15) is 4.79 Å². The Morgan fingerprint density at radius 2 is 2.25 bits per heavy atom. The Hall–Kier alpha value is -1.23. The number of aromatic nitrogens is 2. The summed E-state index contributed by atoms with van der Waals surface area (Å²) in [6, 6.07) is 0. The molecule has 0 aliphatic rings. The zero-order chi connectivity index (χ0) is 12.0. The highest BCUT2D eigenvalue weighted by atomic mass is 35.5. The summed E-state index contributed by atoms with van der Waals surface area (Å²) in [5.41, 5.74) is 0.379. The van der Waals surface area contributed by atoms with Gasteiger partial charge in [-0.2, -0.15) is 0 Å². The molecule has 0 unspecified atom stereocenters. The zero-order valence-electron chi connectivity index (χ0n) is 9.56. The van der Waals surface area contributed by atoms with Crippen LogP contribution in [0.2, 0.25) is 5.28 Å². The molecule has 0 bridgehead atoms. The van der Waals surface area contributed by atoms with Crippen LogP contribution < -0.4 is 10.6 Å². The van der Waals surface area contributed by atoms with Gasteiger partial charge in [0.15, 0.2) is 5.82 Å². The van der Waals surface area contributed by atoms with Crippen molar-refractivity contribution in [2.75, 3.05) is 18.9 Å². The number of hydrogen-bond acceptors (Lipinski definition) is 3. The Labute approximate surface area is 100.0 Å². The van der Waals surface area contributed by atoms with E-state index in [1.54, 1.807) is 7.05 Å². The second-order valence-electron chi connectivity index (χ2n) is 3.46. The average Bonchev–Trinajstić information content (AvgIpc) is 2.65. The fraction of sp³-hybridized carbons (Fsp3) is 0.600. The predicted molar refractivity (Wildman–Crippen MR) is 65.0 cm³/mol. The predicted octanol–water partition coefficient (Wildman–Crippen LogP) is 2.02. The van der Waals surface area contributed by atoms with E-state index in [-0.39, 0.29) is 11.2 Å². The van der Waals surface area contributed by atoms with E-state index in [1.807, 2.05) is 0 Å². The molecule has 1 rings (SSSR count). The molecule has 0 aromatic carbocycles. The first-order valence-electron chi connectivity index (χ1n) is 5.40. The summed E-state index contributed by atoms with van der Waals surface area (Å²) in [5, 5.41) is 5.84. The van der Waals surface area contributed by atoms with E-state index in [0.717, 1.165) is 25.8 Å². The lowest BCUT2D eigenvalue weighted by molar-refractivity contribution is 0.0959. The lowest BCUT2D eigenvalue weighted by Crippen LogP contribution is -2.20. The van der Waals surface area contributed by atoms with Gasteiger partial charge in [0.05, 0.1) is 0 Å². The Morgan fingerprint density at radius 1 is 1.50 bits per heavy atom. The number of anilines is 1. The topological polar surface area (TPSA) is 69.8 Å². The van der Waals surface area contributed by atoms with Crippen LogP contribution in [0.4, 0.5) is 5.82 Å². The maximum Gasteiger partial charge on any atom is 0.271 e. The summed E-state index contributed by atoms with van der Waals surface area (Å²) in [6.45, 7) is 2.93. The van der Waals surface area contributed by atoms with Gasteiger partial charge in [0.1, 0.15) is 5.69 Å². The number of carbonyl (C=O) groups excluding carboxylic acids is 1. The highest BCUT2D eigenvalue weighted by Crippen LogP contribution is 2.15. The number of amides is 1. The number of nitrogens with one attached hydrogen (secondary N) is 3. The molecule has 1 aromatic rings. The number of imidazole rings is 1. The fourth-order valence-electron chi connectivity index (χ4n) is 1.34. The molecule has 0 radical (unpaired) electrons. The maximum absolute atomic E-state index is 11.5. The number of aromatic amines is 1. The van der Waals surface area contributed by atoms with Crippen molar-refractivity contribution in [3.8, 4) is 0 Å². The van der Waals surface area contributed by atoms with Gasteiger partial charge < -0.3 is 15.6 Å². The second-order valence-corrected chi connectivity index (χ2v) is 3.82. The van der Waals surface area contributed by atoms with Crippen LogP contribution in [0, 0.1) is 0 Å². The number of nitrogens with zero attached hydrogens (tertiary/aromatic N) is 1. The molecule has 6 heteroatoms. The van der Waals surface area contributed by atoms with Crippen LogP contribution in [-0.2, 0) is 0 Å². The van der Waals surface area contributed by atoms with Crippen molar-refractivity contribution in [3.05, 3.63) is 11.0 Å². The van der Waals surface area contributed by atoms with Gasteiger partial charge in [-0.25, -0.2) is 4.98 Å². The van der Waals surface area contributed by atoms with E-state index >= 15 is 0 Å². The van der Waals surface area contributed by atoms with Crippen LogP contribution in [0.25, 0.3) is 0 Å². The van der Waals surface area contributed by atoms with Crippen LogP contribution in [0.5, 0.6) is 0 Å². The van der Waals surface area contributed by atoms with Crippen LogP contribution in [0.1, 0.15) is 36.7 Å². The number of halogens is 1. The minimum Gasteiger partial charge on any atom is -0.368 e. The van der Waals surface area contributed by atoms with Gasteiger partial charge in [-0.3, -0.25) is 4.79 Å². The minimum absolute atomic E-state index is 0.219. The zero-order valence-corrected chi connectivity index (χ0v) is 10.3. The lowest BCUT2D eigenvalue weighted by Gasteiger charge is -2.04. The highest BCUT2D eigenvalue weighted by molar-refractivity contribution is 6.28. The van der Waals surface area contributed by atoms with Gasteiger partial charge in [0.2, 0.25) is 5.28 Å². The molecule has 16 heavy (non-hydrogen) atoms. The summed E-state index contributed by atoms with van der Waals surface area (Å²) < 4.78 is 0. The monoisotopic (exact) mass is 244 g/mol. The second kappa shape index (κ2) is 6.37. The van der Waals surface area contributed by atoms with Crippen LogP contribution in [0.3, 0.4) is 0 Å². The molecule has 1 amide bonds. The van der Waals surface area contributed by atoms with E-state index in [2.05, 4.69) is 27.5 Å². The Bertz CT molecular complexity index is 351. The third-order valence-electron chi connectivity index (χ3n) is 2.20. The Balaban J connectivity index is 2.60. The van der Waals surface area contributed by atoms with E-state index < -0.39 is 0 Å². The quantitative estimate of drug-likeness (QED) is 0.671. The number of unbranched alkanes of at least 4 members (excludes halogenated alkanes) is 2. The molecule has 0 aliphatic carbocycles. The van der Waals surface area contributed by atoms with Crippen molar-refractivity contribution in [2.45, 2.75) is 26.2 Å². The molecule has 1 heterocycles. The molecule has 0 saturated carbocycles. The maximum atomic E-state index is 11.5. The fourth-order valence-corrected chi connectivity index (χ4v) is 1.52. The average molecular weight is 245 g/mol. The van der Waals surface area contributed by atoms with Gasteiger partial charge in [0, 0.05) is 13.6 Å². The summed E-state index contributed by atoms with van der Waals surface area (Å²) >= 11 is 5.72. The molecule has 1 aromatic heterocycles. The van der Waals surface area contributed by atoms with Gasteiger partial charge in [-0.1, -0.05) is 19.8 Å². The van der Waals surface area contributed by atoms with E-state index in [0.29, 0.717) is 11.5 Å². The molecule has 3 N–H and O–H groups in total. The third-order valence-corrected chi connectivity index (χ3v) is 2.38. The van der Waals surface area contributed by atoms with Gasteiger partial charge in [0.25, 0.3) is 5.91 Å². The van der Waals surface area contributed by atoms with Crippen LogP contribution in [0.15, 0.2) is 0 Å². The standard InChI is InChI=1S/C10H17ClN4O/c1-3-4-5-6-13-8-7(9(16)12-2)14-10(11)15-8/h13H,3-6H2,1-2H3,(H,12,16)(H,14,15). The molecular weight excluding hydrogens is 228 g/mol. The molecule has 0 fully saturated rings. The van der Waals surface area contributed by atoms with Gasteiger partial charge >= 0.3 is 0 Å². The lowest BCUT2D eigenvalue weighted by atomic mass is 10.2. The SMILES string of the molecule is CCCCCNc1nc(Cl)[nH]c1C(=O)NC. The van der Waals surface area contributed by atoms with Crippen molar-refractivity contribution in [1.82, 2.24) is 15.3 Å². The van der Waals surface area contributed by atoms with Crippen molar-refractivity contribution in [2.24, 2.45) is 0 Å². The normalized spacial score (nSPS) is 10.2.